The number of hydrogen-bond donors (Lipinski definition) is 1. The lowest BCUT2D eigenvalue weighted by molar-refractivity contribution is 0.0996. The molecule has 2 aliphatic rings. The quantitative estimate of drug-likeness (QED) is 0.552. The third kappa shape index (κ3) is 2.95. The van der Waals surface area contributed by atoms with E-state index in [1.165, 1.54) is 0 Å². The summed E-state index contributed by atoms with van der Waals surface area (Å²) in [6, 6.07) is 13.0. The van der Waals surface area contributed by atoms with Crippen LogP contribution in [0.25, 0.3) is 22.6 Å². The number of phenolic OH excluding ortho intramolecular Hbond substituents is 1. The molecule has 0 saturated heterocycles. The average molecular weight is 410 g/mol. The predicted octanol–water partition coefficient (Wildman–Crippen LogP) is 3.60. The summed E-state index contributed by atoms with van der Waals surface area (Å²) in [5.41, 5.74) is 3.35. The molecule has 0 spiro atoms. The Balaban J connectivity index is 1.36. The van der Waals surface area contributed by atoms with Gasteiger partial charge in [-0.1, -0.05) is 12.1 Å². The largest absolute Gasteiger partial charge is 0.507 e. The molecule has 3 aromatic heterocycles. The van der Waals surface area contributed by atoms with Gasteiger partial charge in [0.25, 0.3) is 5.91 Å². The van der Waals surface area contributed by atoms with Gasteiger partial charge in [-0.05, 0) is 48.7 Å². The third-order valence-corrected chi connectivity index (χ3v) is 5.75. The number of nitrogens with zero attached hydrogens (tertiary/aromatic N) is 6. The van der Waals surface area contributed by atoms with Gasteiger partial charge in [-0.15, -0.1) is 10.2 Å². The van der Waals surface area contributed by atoms with Gasteiger partial charge in [-0.25, -0.2) is 4.98 Å². The van der Waals surface area contributed by atoms with Crippen LogP contribution in [0.2, 0.25) is 0 Å². The van der Waals surface area contributed by atoms with Crippen LogP contribution in [-0.2, 0) is 6.54 Å². The van der Waals surface area contributed by atoms with Gasteiger partial charge in [0, 0.05) is 35.1 Å². The van der Waals surface area contributed by atoms with Crippen LogP contribution >= 0.6 is 0 Å². The number of phenols is 1. The minimum Gasteiger partial charge on any atom is -0.507 e. The van der Waals surface area contributed by atoms with Gasteiger partial charge < -0.3 is 9.67 Å². The van der Waals surface area contributed by atoms with Crippen molar-refractivity contribution < 1.29 is 9.90 Å². The van der Waals surface area contributed by atoms with Crippen LogP contribution in [0.5, 0.6) is 5.75 Å². The molecule has 0 atom stereocenters. The molecule has 8 heteroatoms. The van der Waals surface area contributed by atoms with E-state index in [0.717, 1.165) is 24.0 Å². The van der Waals surface area contributed by atoms with E-state index in [2.05, 4.69) is 15.2 Å². The number of benzene rings is 1. The normalized spacial score (nSPS) is 15.4. The molecule has 31 heavy (non-hydrogen) atoms. The number of pyridine rings is 2. The van der Waals surface area contributed by atoms with Gasteiger partial charge >= 0.3 is 0 Å². The van der Waals surface area contributed by atoms with Crippen LogP contribution in [0.3, 0.4) is 0 Å². The summed E-state index contributed by atoms with van der Waals surface area (Å²) in [5.74, 6) is 1.24. The van der Waals surface area contributed by atoms with E-state index in [4.69, 9.17) is 4.98 Å². The lowest BCUT2D eigenvalue weighted by atomic mass is 10.0. The molecule has 1 fully saturated rings. The maximum atomic E-state index is 13.2. The lowest BCUT2D eigenvalue weighted by Gasteiger charge is -2.15. The van der Waals surface area contributed by atoms with E-state index >= 15 is 0 Å². The van der Waals surface area contributed by atoms with Crippen molar-refractivity contribution in [3.63, 3.8) is 0 Å². The molecular weight excluding hydrogens is 392 g/mol. The Morgan fingerprint density at radius 2 is 1.97 bits per heavy atom. The number of amides is 1. The maximum Gasteiger partial charge on any atom is 0.260 e. The molecule has 1 aliphatic heterocycles. The molecule has 0 bridgehead atoms. The number of carbonyl (C=O) groups is 1. The number of fused-ring (bicyclic) bond motifs is 1. The van der Waals surface area contributed by atoms with Crippen molar-refractivity contribution in [2.75, 3.05) is 4.90 Å². The fraction of sp³-hybridized carbons (Fsp3) is 0.174. The first kappa shape index (κ1) is 17.8. The Kier molecular flexibility index (Phi) is 3.86. The van der Waals surface area contributed by atoms with Gasteiger partial charge in [0.2, 0.25) is 0 Å². The fourth-order valence-electron chi connectivity index (χ4n) is 4.03. The number of aromatic hydroxyl groups is 1. The number of anilines is 1. The molecule has 152 valence electrons. The van der Waals surface area contributed by atoms with Crippen LogP contribution in [0.1, 0.15) is 34.8 Å². The molecule has 1 saturated carbocycles. The standard InChI is InChI=1S/C23H18N6O2/c30-20-9-15-12-28(23(31)18(15)10-17(20)14-3-2-8-24-11-14)21-5-1-4-19(26-21)22-27-25-13-29(22)16-6-7-16/h1-5,8-11,13,16,30H,6-7,12H2. The van der Waals surface area contributed by atoms with Crippen molar-refractivity contribution in [2.45, 2.75) is 25.4 Å². The maximum absolute atomic E-state index is 13.2. The van der Waals surface area contributed by atoms with Crippen molar-refractivity contribution in [1.29, 1.82) is 0 Å². The zero-order valence-corrected chi connectivity index (χ0v) is 16.5. The summed E-state index contributed by atoms with van der Waals surface area (Å²) in [5, 5.41) is 18.8. The predicted molar refractivity (Wildman–Crippen MR) is 113 cm³/mol. The Hall–Kier alpha value is -4.07. The van der Waals surface area contributed by atoms with Gasteiger partial charge in [-0.2, -0.15) is 0 Å². The van der Waals surface area contributed by atoms with Crippen LogP contribution in [0.4, 0.5) is 5.82 Å². The molecule has 0 unspecified atom stereocenters. The molecule has 1 amide bonds. The highest BCUT2D eigenvalue weighted by atomic mass is 16.3. The Morgan fingerprint density at radius 3 is 2.77 bits per heavy atom. The van der Waals surface area contributed by atoms with E-state index in [1.807, 2.05) is 28.8 Å². The third-order valence-electron chi connectivity index (χ3n) is 5.75. The highest BCUT2D eigenvalue weighted by Crippen LogP contribution is 2.39. The Bertz CT molecular complexity index is 1310. The number of carbonyl (C=O) groups excluding carboxylic acids is 1. The summed E-state index contributed by atoms with van der Waals surface area (Å²) in [7, 11) is 0. The summed E-state index contributed by atoms with van der Waals surface area (Å²) in [4.78, 5) is 23.7. The van der Waals surface area contributed by atoms with E-state index in [9.17, 15) is 9.90 Å². The zero-order valence-electron chi connectivity index (χ0n) is 16.5. The minimum atomic E-state index is -0.145. The second-order valence-electron chi connectivity index (χ2n) is 7.83. The van der Waals surface area contributed by atoms with E-state index < -0.39 is 0 Å². The molecule has 8 nitrogen and oxygen atoms in total. The van der Waals surface area contributed by atoms with Crippen molar-refractivity contribution in [3.05, 3.63) is 72.3 Å². The number of aromatic nitrogens is 5. The van der Waals surface area contributed by atoms with Crippen molar-refractivity contribution in [1.82, 2.24) is 24.7 Å². The van der Waals surface area contributed by atoms with Crippen molar-refractivity contribution in [2.24, 2.45) is 0 Å². The zero-order chi connectivity index (χ0) is 20.9. The van der Waals surface area contributed by atoms with Crippen LogP contribution in [0, 0.1) is 0 Å². The fourth-order valence-corrected chi connectivity index (χ4v) is 4.03. The van der Waals surface area contributed by atoms with E-state index in [0.29, 0.717) is 41.0 Å². The van der Waals surface area contributed by atoms with Gasteiger partial charge in [0.15, 0.2) is 5.82 Å². The molecule has 4 aromatic rings. The summed E-state index contributed by atoms with van der Waals surface area (Å²) < 4.78 is 2.05. The van der Waals surface area contributed by atoms with Crippen LogP contribution in [0.15, 0.2) is 61.2 Å². The first-order chi connectivity index (χ1) is 15.2. The van der Waals surface area contributed by atoms with Crippen LogP contribution in [-0.4, -0.2) is 35.7 Å². The summed E-state index contributed by atoms with van der Waals surface area (Å²) >= 11 is 0. The molecule has 1 N–H and O–H groups in total. The number of hydrogen-bond acceptors (Lipinski definition) is 6. The van der Waals surface area contributed by atoms with Crippen molar-refractivity contribution >= 4 is 11.7 Å². The second-order valence-corrected chi connectivity index (χ2v) is 7.83. The average Bonchev–Trinajstić information content (AvgIpc) is 3.44. The summed E-state index contributed by atoms with van der Waals surface area (Å²) in [6.07, 6.45) is 7.31. The van der Waals surface area contributed by atoms with Crippen molar-refractivity contribution in [3.8, 4) is 28.4 Å². The first-order valence-electron chi connectivity index (χ1n) is 10.1. The molecule has 0 radical (unpaired) electrons. The topological polar surface area (TPSA) is 97.0 Å². The molecule has 1 aliphatic carbocycles. The highest BCUT2D eigenvalue weighted by Gasteiger charge is 2.32. The van der Waals surface area contributed by atoms with Gasteiger partial charge in [0.05, 0.1) is 6.54 Å². The Morgan fingerprint density at radius 1 is 1.06 bits per heavy atom. The molecule has 1 aromatic carbocycles. The lowest BCUT2D eigenvalue weighted by Crippen LogP contribution is -2.24. The molecular formula is C23H18N6O2. The first-order valence-corrected chi connectivity index (χ1v) is 10.1. The summed E-state index contributed by atoms with van der Waals surface area (Å²) in [6.45, 7) is 0.348. The molecule has 6 rings (SSSR count). The van der Waals surface area contributed by atoms with E-state index in [-0.39, 0.29) is 11.7 Å². The Labute approximate surface area is 177 Å². The van der Waals surface area contributed by atoms with Gasteiger partial charge in [-0.3, -0.25) is 14.7 Å². The SMILES string of the molecule is O=C1c2cc(-c3cccnc3)c(O)cc2CN1c1cccc(-c2nncn2C2CC2)n1. The second kappa shape index (κ2) is 6.73. The molecule has 4 heterocycles. The minimum absolute atomic E-state index is 0.126. The smallest absolute Gasteiger partial charge is 0.260 e. The van der Waals surface area contributed by atoms with E-state index in [1.54, 1.807) is 41.8 Å². The van der Waals surface area contributed by atoms with Gasteiger partial charge in [0.1, 0.15) is 23.6 Å². The monoisotopic (exact) mass is 410 g/mol. The number of rotatable bonds is 4. The van der Waals surface area contributed by atoms with Crippen LogP contribution < -0.4 is 4.90 Å². The highest BCUT2D eigenvalue weighted by molar-refractivity contribution is 6.10.